The zero-order valence-electron chi connectivity index (χ0n) is 16.8. The van der Waals surface area contributed by atoms with Crippen molar-refractivity contribution in [1.82, 2.24) is 5.01 Å². The molecule has 0 atom stereocenters. The maximum Gasteiger partial charge on any atom is 0.139 e. The molecule has 148 valence electrons. The normalized spacial score (nSPS) is 15.7. The number of hydrogen-bond donors (Lipinski definition) is 2. The van der Waals surface area contributed by atoms with E-state index in [9.17, 15) is 5.11 Å². The molecule has 4 nitrogen and oxygen atoms in total. The van der Waals surface area contributed by atoms with Crippen molar-refractivity contribution in [3.05, 3.63) is 102 Å². The molecule has 3 aromatic rings. The van der Waals surface area contributed by atoms with E-state index >= 15 is 0 Å². The van der Waals surface area contributed by atoms with E-state index in [1.807, 2.05) is 25.1 Å². The highest BCUT2D eigenvalue weighted by molar-refractivity contribution is 6.00. The Hall–Kier alpha value is -3.11. The first-order valence-electron chi connectivity index (χ1n) is 10.3. The van der Waals surface area contributed by atoms with Crippen molar-refractivity contribution in [3.63, 3.8) is 0 Å². The van der Waals surface area contributed by atoms with E-state index in [-0.39, 0.29) is 5.75 Å². The molecule has 0 unspecified atom stereocenters. The van der Waals surface area contributed by atoms with Crippen molar-refractivity contribution in [2.75, 3.05) is 26.2 Å². The van der Waals surface area contributed by atoms with E-state index in [0.717, 1.165) is 37.5 Å². The topological polar surface area (TPSA) is 40.3 Å². The Balaban J connectivity index is 1.50. The lowest BCUT2D eigenvalue weighted by atomic mass is 9.96. The number of nitrogens with one attached hydrogen (secondary N) is 1. The zero-order valence-corrected chi connectivity index (χ0v) is 16.8. The minimum Gasteiger partial charge on any atom is -0.507 e. The Kier molecular flexibility index (Phi) is 5.92. The Bertz CT molecular complexity index is 909. The Morgan fingerprint density at radius 3 is 1.90 bits per heavy atom. The SMILES string of the molecule is C/C(=N\N1CC[NH+](C(c2ccccc2)c2ccccc2)CC1)c1ccccc1O. The first-order valence-corrected chi connectivity index (χ1v) is 10.3. The summed E-state index contributed by atoms with van der Waals surface area (Å²) in [7, 11) is 0. The van der Waals surface area contributed by atoms with Gasteiger partial charge in [-0.3, -0.25) is 5.01 Å². The van der Waals surface area contributed by atoms with Crippen LogP contribution < -0.4 is 4.90 Å². The van der Waals surface area contributed by atoms with Gasteiger partial charge in [-0.1, -0.05) is 72.8 Å². The van der Waals surface area contributed by atoms with Crippen LogP contribution >= 0.6 is 0 Å². The summed E-state index contributed by atoms with van der Waals surface area (Å²) in [5.74, 6) is 0.284. The van der Waals surface area contributed by atoms with Gasteiger partial charge in [0.15, 0.2) is 0 Å². The van der Waals surface area contributed by atoms with Gasteiger partial charge in [-0.05, 0) is 19.1 Å². The van der Waals surface area contributed by atoms with Gasteiger partial charge in [-0.2, -0.15) is 5.10 Å². The van der Waals surface area contributed by atoms with Crippen LogP contribution in [0, 0.1) is 0 Å². The second-order valence-electron chi connectivity index (χ2n) is 7.57. The Morgan fingerprint density at radius 1 is 0.828 bits per heavy atom. The monoisotopic (exact) mass is 386 g/mol. The van der Waals surface area contributed by atoms with E-state index in [1.165, 1.54) is 11.1 Å². The average molecular weight is 387 g/mol. The molecule has 29 heavy (non-hydrogen) atoms. The number of piperazine rings is 1. The maximum absolute atomic E-state index is 10.1. The highest BCUT2D eigenvalue weighted by atomic mass is 16.3. The number of phenolic OH excluding ortho intramolecular Hbond substituents is 1. The largest absolute Gasteiger partial charge is 0.507 e. The highest BCUT2D eigenvalue weighted by Crippen LogP contribution is 2.20. The van der Waals surface area contributed by atoms with Crippen LogP contribution in [0.5, 0.6) is 5.75 Å². The summed E-state index contributed by atoms with van der Waals surface area (Å²) in [5.41, 5.74) is 4.37. The van der Waals surface area contributed by atoms with E-state index in [1.54, 1.807) is 11.0 Å². The fourth-order valence-corrected chi connectivity index (χ4v) is 4.17. The second-order valence-corrected chi connectivity index (χ2v) is 7.57. The third-order valence-corrected chi connectivity index (χ3v) is 5.64. The number of rotatable bonds is 5. The lowest BCUT2D eigenvalue weighted by Crippen LogP contribution is -3.15. The van der Waals surface area contributed by atoms with Crippen LogP contribution in [0.2, 0.25) is 0 Å². The number of phenols is 1. The number of aromatic hydroxyl groups is 1. The smallest absolute Gasteiger partial charge is 0.139 e. The molecule has 1 heterocycles. The molecule has 1 saturated heterocycles. The molecule has 1 fully saturated rings. The first kappa shape index (κ1) is 19.2. The van der Waals surface area contributed by atoms with Gasteiger partial charge in [0.1, 0.15) is 11.8 Å². The number of hydrazone groups is 1. The molecule has 1 aliphatic heterocycles. The molecule has 0 aliphatic carbocycles. The van der Waals surface area contributed by atoms with Crippen LogP contribution in [0.15, 0.2) is 90.0 Å². The molecule has 2 N–H and O–H groups in total. The van der Waals surface area contributed by atoms with Gasteiger partial charge in [0.25, 0.3) is 0 Å². The number of benzene rings is 3. The molecular formula is C25H28N3O+. The average Bonchev–Trinajstić information content (AvgIpc) is 2.77. The summed E-state index contributed by atoms with van der Waals surface area (Å²) in [4.78, 5) is 1.56. The number of nitrogens with zero attached hydrogens (tertiary/aromatic N) is 2. The van der Waals surface area contributed by atoms with Crippen LogP contribution in [0.1, 0.15) is 29.7 Å². The second kappa shape index (κ2) is 8.93. The van der Waals surface area contributed by atoms with Crippen molar-refractivity contribution >= 4 is 5.71 Å². The van der Waals surface area contributed by atoms with Crippen LogP contribution in [0.3, 0.4) is 0 Å². The summed E-state index contributed by atoms with van der Waals surface area (Å²) < 4.78 is 0. The van der Waals surface area contributed by atoms with E-state index in [4.69, 9.17) is 5.10 Å². The summed E-state index contributed by atoms with van der Waals surface area (Å²) in [6.07, 6.45) is 0. The van der Waals surface area contributed by atoms with E-state index in [2.05, 4.69) is 65.7 Å². The lowest BCUT2D eigenvalue weighted by molar-refractivity contribution is -0.929. The van der Waals surface area contributed by atoms with Crippen molar-refractivity contribution < 1.29 is 10.0 Å². The third kappa shape index (κ3) is 4.49. The van der Waals surface area contributed by atoms with Gasteiger partial charge >= 0.3 is 0 Å². The molecule has 0 saturated carbocycles. The van der Waals surface area contributed by atoms with Crippen molar-refractivity contribution in [2.24, 2.45) is 5.10 Å². The summed E-state index contributed by atoms with van der Waals surface area (Å²) >= 11 is 0. The molecule has 1 aliphatic rings. The van der Waals surface area contributed by atoms with E-state index in [0.29, 0.717) is 6.04 Å². The molecule has 0 bridgehead atoms. The van der Waals surface area contributed by atoms with Crippen LogP contribution in [-0.2, 0) is 0 Å². The Labute approximate surface area is 172 Å². The van der Waals surface area contributed by atoms with Crippen molar-refractivity contribution in [3.8, 4) is 5.75 Å². The van der Waals surface area contributed by atoms with Gasteiger partial charge < -0.3 is 10.0 Å². The molecule has 4 heteroatoms. The number of para-hydroxylation sites is 1. The van der Waals surface area contributed by atoms with Gasteiger partial charge in [0.05, 0.1) is 31.9 Å². The predicted octanol–water partition coefficient (Wildman–Crippen LogP) is 3.11. The first-order chi connectivity index (χ1) is 14.2. The van der Waals surface area contributed by atoms with Crippen LogP contribution in [0.4, 0.5) is 0 Å². The van der Waals surface area contributed by atoms with Crippen molar-refractivity contribution in [2.45, 2.75) is 13.0 Å². The van der Waals surface area contributed by atoms with Gasteiger partial charge in [-0.15, -0.1) is 0 Å². The maximum atomic E-state index is 10.1. The van der Waals surface area contributed by atoms with Gasteiger partial charge in [0, 0.05) is 16.7 Å². The summed E-state index contributed by atoms with van der Waals surface area (Å²) in [6.45, 7) is 5.80. The molecule has 3 aromatic carbocycles. The molecule has 0 spiro atoms. The minimum absolute atomic E-state index is 0.284. The number of hydrogen-bond acceptors (Lipinski definition) is 3. The van der Waals surface area contributed by atoms with E-state index < -0.39 is 0 Å². The van der Waals surface area contributed by atoms with Gasteiger partial charge in [-0.25, -0.2) is 0 Å². The van der Waals surface area contributed by atoms with Crippen molar-refractivity contribution in [1.29, 1.82) is 0 Å². The molecule has 0 radical (unpaired) electrons. The number of quaternary nitrogens is 1. The third-order valence-electron chi connectivity index (χ3n) is 5.64. The summed E-state index contributed by atoms with van der Waals surface area (Å²) in [6, 6.07) is 29.3. The van der Waals surface area contributed by atoms with Crippen LogP contribution in [-0.4, -0.2) is 42.0 Å². The fourth-order valence-electron chi connectivity index (χ4n) is 4.17. The Morgan fingerprint density at radius 2 is 1.34 bits per heavy atom. The van der Waals surface area contributed by atoms with Crippen LogP contribution in [0.25, 0.3) is 0 Å². The predicted molar refractivity (Wildman–Crippen MR) is 117 cm³/mol. The molecular weight excluding hydrogens is 358 g/mol. The summed E-state index contributed by atoms with van der Waals surface area (Å²) in [5, 5.41) is 17.0. The zero-order chi connectivity index (χ0) is 20.1. The standard InChI is InChI=1S/C25H27N3O/c1-20(23-14-8-9-15-24(23)29)26-28-18-16-27(17-19-28)25(21-10-4-2-5-11-21)22-12-6-3-7-13-22/h2-15,25,29H,16-19H2,1H3/p+1/b26-20+. The fraction of sp³-hybridized carbons (Fsp3) is 0.240. The highest BCUT2D eigenvalue weighted by Gasteiger charge is 2.29. The molecule has 4 rings (SSSR count). The molecule has 0 aromatic heterocycles. The van der Waals surface area contributed by atoms with Gasteiger partial charge in [0.2, 0.25) is 0 Å². The minimum atomic E-state index is 0.284. The molecule has 0 amide bonds. The lowest BCUT2D eigenvalue weighted by Gasteiger charge is -2.36. The quantitative estimate of drug-likeness (QED) is 0.662.